The first-order valence-corrected chi connectivity index (χ1v) is 6.49. The predicted octanol–water partition coefficient (Wildman–Crippen LogP) is 1.07. The molecule has 0 saturated carbocycles. The third kappa shape index (κ3) is 1.49. The smallest absolute Gasteiger partial charge is 0.347 e. The van der Waals surface area contributed by atoms with Gasteiger partial charge in [0.25, 0.3) is 0 Å². The summed E-state index contributed by atoms with van der Waals surface area (Å²) >= 11 is 1.81. The van der Waals surface area contributed by atoms with E-state index in [2.05, 4.69) is 10.9 Å². The quantitative estimate of drug-likeness (QED) is 0.694. The minimum Gasteiger partial charge on any atom is -0.385 e. The average Bonchev–Trinajstić information content (AvgIpc) is 2.51. The van der Waals surface area contributed by atoms with Gasteiger partial charge in [0, 0.05) is 5.75 Å². The van der Waals surface area contributed by atoms with Gasteiger partial charge in [0.15, 0.2) is 0 Å². The molecule has 0 radical (unpaired) electrons. The number of nitrogens with zero attached hydrogens (tertiary/aromatic N) is 2. The zero-order chi connectivity index (χ0) is 11.8. The third-order valence-electron chi connectivity index (χ3n) is 3.21. The van der Waals surface area contributed by atoms with E-state index in [1.165, 1.54) is 0 Å². The molecule has 16 heavy (non-hydrogen) atoms. The van der Waals surface area contributed by atoms with Crippen molar-refractivity contribution in [3.8, 4) is 12.3 Å². The fourth-order valence-electron chi connectivity index (χ4n) is 2.35. The summed E-state index contributed by atoms with van der Waals surface area (Å²) in [5, 5.41) is 0. The predicted molar refractivity (Wildman–Crippen MR) is 66.4 cm³/mol. The first-order valence-electron chi connectivity index (χ1n) is 5.33. The first kappa shape index (κ1) is 11.3. The first-order chi connectivity index (χ1) is 7.62. The molecule has 0 aromatic carbocycles. The SMILES string of the molecule is C#CC(C)N1C(=O)N=C(N)C12CCCSC2. The van der Waals surface area contributed by atoms with Crippen LogP contribution < -0.4 is 5.73 Å². The van der Waals surface area contributed by atoms with E-state index in [1.807, 2.05) is 6.92 Å². The van der Waals surface area contributed by atoms with Gasteiger partial charge in [0.05, 0.1) is 6.04 Å². The van der Waals surface area contributed by atoms with Crippen LogP contribution in [0.5, 0.6) is 0 Å². The molecule has 2 atom stereocenters. The van der Waals surface area contributed by atoms with Crippen molar-refractivity contribution in [2.45, 2.75) is 31.3 Å². The van der Waals surface area contributed by atoms with Crippen LogP contribution in [-0.4, -0.2) is 39.9 Å². The van der Waals surface area contributed by atoms with Crippen LogP contribution in [0.1, 0.15) is 19.8 Å². The Balaban J connectivity index is 2.36. The summed E-state index contributed by atoms with van der Waals surface area (Å²) in [6.07, 6.45) is 7.32. The second-order valence-electron chi connectivity index (χ2n) is 4.18. The number of carbonyl (C=O) groups excluding carboxylic acids is 1. The molecule has 1 spiro atoms. The lowest BCUT2D eigenvalue weighted by Gasteiger charge is -2.42. The maximum Gasteiger partial charge on any atom is 0.347 e. The zero-order valence-corrected chi connectivity index (χ0v) is 10.1. The monoisotopic (exact) mass is 237 g/mol. The highest BCUT2D eigenvalue weighted by Crippen LogP contribution is 2.37. The minimum absolute atomic E-state index is 0.254. The van der Waals surface area contributed by atoms with Gasteiger partial charge in [-0.25, -0.2) is 4.79 Å². The van der Waals surface area contributed by atoms with Gasteiger partial charge in [0.2, 0.25) is 0 Å². The molecular formula is C11H15N3OS. The molecular weight excluding hydrogens is 222 g/mol. The van der Waals surface area contributed by atoms with Crippen LogP contribution >= 0.6 is 11.8 Å². The Kier molecular flexibility index (Phi) is 2.85. The minimum atomic E-state index is -0.425. The third-order valence-corrected chi connectivity index (χ3v) is 4.47. The van der Waals surface area contributed by atoms with Crippen molar-refractivity contribution < 1.29 is 4.79 Å². The maximum atomic E-state index is 11.8. The molecule has 2 rings (SSSR count). The summed E-state index contributed by atoms with van der Waals surface area (Å²) < 4.78 is 0. The Labute approximate surface area is 99.7 Å². The molecule has 2 amide bonds. The summed E-state index contributed by atoms with van der Waals surface area (Å²) in [6.45, 7) is 1.84. The molecule has 4 nitrogen and oxygen atoms in total. The van der Waals surface area contributed by atoms with E-state index in [0.717, 1.165) is 24.3 Å². The highest BCUT2D eigenvalue weighted by atomic mass is 32.2. The van der Waals surface area contributed by atoms with Gasteiger partial charge in [-0.05, 0) is 25.5 Å². The number of hydrogen-bond acceptors (Lipinski definition) is 3. The van der Waals surface area contributed by atoms with Crippen LogP contribution in [0.3, 0.4) is 0 Å². The molecule has 1 saturated heterocycles. The Morgan fingerprint density at radius 2 is 2.50 bits per heavy atom. The highest BCUT2D eigenvalue weighted by Gasteiger charge is 2.50. The number of amides is 2. The molecule has 2 aliphatic rings. The lowest BCUT2D eigenvalue weighted by atomic mass is 9.92. The van der Waals surface area contributed by atoms with Crippen LogP contribution in [0.2, 0.25) is 0 Å². The van der Waals surface area contributed by atoms with E-state index < -0.39 is 5.54 Å². The van der Waals surface area contributed by atoms with Crippen LogP contribution in [0.15, 0.2) is 4.99 Å². The molecule has 86 valence electrons. The summed E-state index contributed by atoms with van der Waals surface area (Å²) in [5.74, 6) is 4.95. The Morgan fingerprint density at radius 1 is 1.75 bits per heavy atom. The van der Waals surface area contributed by atoms with Crippen molar-refractivity contribution in [2.75, 3.05) is 11.5 Å². The number of thioether (sulfide) groups is 1. The highest BCUT2D eigenvalue weighted by molar-refractivity contribution is 7.99. The number of nitrogens with two attached hydrogens (primary N) is 1. The molecule has 2 heterocycles. The van der Waals surface area contributed by atoms with Crippen LogP contribution in [0, 0.1) is 12.3 Å². The fraction of sp³-hybridized carbons (Fsp3) is 0.636. The lowest BCUT2D eigenvalue weighted by molar-refractivity contribution is 0.162. The second-order valence-corrected chi connectivity index (χ2v) is 5.29. The number of terminal acetylenes is 1. The van der Waals surface area contributed by atoms with Gasteiger partial charge in [-0.1, -0.05) is 5.92 Å². The van der Waals surface area contributed by atoms with E-state index in [9.17, 15) is 4.79 Å². The molecule has 0 aliphatic carbocycles. The summed E-state index contributed by atoms with van der Waals surface area (Å²) in [4.78, 5) is 17.4. The fourth-order valence-corrected chi connectivity index (χ4v) is 3.61. The molecule has 0 aromatic heterocycles. The van der Waals surface area contributed by atoms with E-state index in [4.69, 9.17) is 12.2 Å². The number of rotatable bonds is 1. The van der Waals surface area contributed by atoms with Crippen molar-refractivity contribution in [3.63, 3.8) is 0 Å². The Bertz CT molecular complexity index is 379. The van der Waals surface area contributed by atoms with E-state index >= 15 is 0 Å². The van der Waals surface area contributed by atoms with Crippen molar-refractivity contribution in [2.24, 2.45) is 10.7 Å². The van der Waals surface area contributed by atoms with Crippen molar-refractivity contribution in [1.29, 1.82) is 0 Å². The standard InChI is InChI=1S/C11H15N3OS/c1-3-8(2)14-10(15)13-9(12)11(14)5-4-6-16-7-11/h1,8H,4-7H2,2H3,(H2,12,13,15). The maximum absolute atomic E-state index is 11.8. The number of urea groups is 1. The molecule has 0 bridgehead atoms. The largest absolute Gasteiger partial charge is 0.385 e. The lowest BCUT2D eigenvalue weighted by Crippen LogP contribution is -2.59. The van der Waals surface area contributed by atoms with Crippen molar-refractivity contribution >= 4 is 23.6 Å². The number of aliphatic imine (C=N–C) groups is 1. The number of amidine groups is 1. The van der Waals surface area contributed by atoms with E-state index in [1.54, 1.807) is 16.7 Å². The summed E-state index contributed by atoms with van der Waals surface area (Å²) in [5.41, 5.74) is 5.50. The van der Waals surface area contributed by atoms with Crippen LogP contribution in [0.25, 0.3) is 0 Å². The van der Waals surface area contributed by atoms with Crippen LogP contribution in [-0.2, 0) is 0 Å². The van der Waals surface area contributed by atoms with Gasteiger partial charge in [0.1, 0.15) is 11.4 Å². The molecule has 0 aromatic rings. The van der Waals surface area contributed by atoms with Crippen molar-refractivity contribution in [3.05, 3.63) is 0 Å². The Morgan fingerprint density at radius 3 is 3.06 bits per heavy atom. The molecule has 2 unspecified atom stereocenters. The summed E-state index contributed by atoms with van der Waals surface area (Å²) in [6, 6.07) is -0.540. The number of carbonyl (C=O) groups is 1. The molecule has 1 fully saturated rings. The second kappa shape index (κ2) is 4.02. The molecule has 2 aliphatic heterocycles. The molecule has 5 heteroatoms. The van der Waals surface area contributed by atoms with Gasteiger partial charge >= 0.3 is 6.03 Å². The van der Waals surface area contributed by atoms with Gasteiger partial charge in [-0.2, -0.15) is 16.8 Å². The molecule has 2 N–H and O–H groups in total. The van der Waals surface area contributed by atoms with Gasteiger partial charge < -0.3 is 5.73 Å². The zero-order valence-electron chi connectivity index (χ0n) is 9.27. The Hall–Kier alpha value is -1.15. The van der Waals surface area contributed by atoms with Gasteiger partial charge in [-0.15, -0.1) is 6.42 Å². The average molecular weight is 237 g/mol. The number of hydrogen-bond donors (Lipinski definition) is 1. The van der Waals surface area contributed by atoms with E-state index in [-0.39, 0.29) is 12.1 Å². The van der Waals surface area contributed by atoms with E-state index in [0.29, 0.717) is 5.84 Å². The van der Waals surface area contributed by atoms with Crippen molar-refractivity contribution in [1.82, 2.24) is 4.90 Å². The normalized spacial score (nSPS) is 31.4. The van der Waals surface area contributed by atoms with Crippen LogP contribution in [0.4, 0.5) is 4.79 Å². The summed E-state index contributed by atoms with van der Waals surface area (Å²) in [7, 11) is 0. The van der Waals surface area contributed by atoms with Gasteiger partial charge in [-0.3, -0.25) is 4.90 Å². The topological polar surface area (TPSA) is 58.7 Å².